The standard InChI is InChI=1S/C23H32N2O2.CH2O2/c1-3-18(4-2)25-15-20-19(21-12-13-23(20,16-25)27-21)14-24-22(26)11-10-17-8-6-5-7-9-17;2-1-3/h5-11,18-21H,3-4,12-16H2,1-2H3,(H,24,26);1H,(H,2,3)/b11-10+;/t19-,20+,21+,23+;/m0./s1. The molecule has 3 fully saturated rings. The van der Waals surface area contributed by atoms with Crippen molar-refractivity contribution in [2.45, 2.75) is 57.3 Å². The average molecular weight is 415 g/mol. The summed E-state index contributed by atoms with van der Waals surface area (Å²) in [5.74, 6) is 1.01. The Bertz CT molecular complexity index is 734. The Kier molecular flexibility index (Phi) is 7.67. The Morgan fingerprint density at radius 1 is 1.33 bits per heavy atom. The predicted molar refractivity (Wildman–Crippen MR) is 117 cm³/mol. The smallest absolute Gasteiger partial charge is 0.290 e. The molecule has 3 aliphatic heterocycles. The van der Waals surface area contributed by atoms with E-state index in [0.717, 1.165) is 31.6 Å². The molecule has 0 unspecified atom stereocenters. The van der Waals surface area contributed by atoms with Gasteiger partial charge in [0.2, 0.25) is 5.91 Å². The van der Waals surface area contributed by atoms with Crippen molar-refractivity contribution < 1.29 is 19.4 Å². The van der Waals surface area contributed by atoms with E-state index < -0.39 is 0 Å². The molecular weight excluding hydrogens is 380 g/mol. The largest absolute Gasteiger partial charge is 0.483 e. The van der Waals surface area contributed by atoms with Crippen LogP contribution in [0.25, 0.3) is 6.08 Å². The number of nitrogens with one attached hydrogen (secondary N) is 1. The maximum atomic E-state index is 12.3. The highest BCUT2D eigenvalue weighted by atomic mass is 16.5. The van der Waals surface area contributed by atoms with Gasteiger partial charge < -0.3 is 15.2 Å². The Morgan fingerprint density at radius 2 is 2.03 bits per heavy atom. The number of carbonyl (C=O) groups is 2. The number of benzene rings is 1. The molecule has 3 aliphatic rings. The van der Waals surface area contributed by atoms with E-state index in [1.165, 1.54) is 19.3 Å². The van der Waals surface area contributed by atoms with Gasteiger partial charge >= 0.3 is 0 Å². The molecule has 6 nitrogen and oxygen atoms in total. The molecule has 3 saturated heterocycles. The first kappa shape index (κ1) is 22.5. The number of hydrogen-bond acceptors (Lipinski definition) is 4. The Balaban J connectivity index is 0.000000806. The minimum atomic E-state index is -0.250. The maximum Gasteiger partial charge on any atom is 0.290 e. The van der Waals surface area contributed by atoms with Crippen LogP contribution in [0.5, 0.6) is 0 Å². The molecule has 3 heterocycles. The van der Waals surface area contributed by atoms with Crippen LogP contribution in [-0.2, 0) is 14.3 Å². The van der Waals surface area contributed by atoms with E-state index >= 15 is 0 Å². The molecule has 0 radical (unpaired) electrons. The number of hydrogen-bond donors (Lipinski definition) is 2. The normalized spacial score (nSPS) is 29.6. The van der Waals surface area contributed by atoms with Crippen LogP contribution in [0.2, 0.25) is 0 Å². The molecule has 164 valence electrons. The van der Waals surface area contributed by atoms with Gasteiger partial charge in [-0.2, -0.15) is 0 Å². The zero-order valence-corrected chi connectivity index (χ0v) is 18.0. The topological polar surface area (TPSA) is 78.9 Å². The summed E-state index contributed by atoms with van der Waals surface area (Å²) in [5.41, 5.74) is 1.11. The molecule has 2 N–H and O–H groups in total. The molecule has 4 atom stereocenters. The van der Waals surface area contributed by atoms with Crippen LogP contribution in [0, 0.1) is 11.8 Å². The second kappa shape index (κ2) is 10.2. The van der Waals surface area contributed by atoms with Gasteiger partial charge in [0, 0.05) is 43.6 Å². The van der Waals surface area contributed by atoms with Crippen LogP contribution in [-0.4, -0.2) is 59.8 Å². The molecule has 2 bridgehead atoms. The summed E-state index contributed by atoms with van der Waals surface area (Å²) in [6.45, 7) is 7.26. The highest BCUT2D eigenvalue weighted by Crippen LogP contribution is 2.55. The Hall–Kier alpha value is -2.18. The maximum absolute atomic E-state index is 12.3. The summed E-state index contributed by atoms with van der Waals surface area (Å²) in [6.07, 6.45) is 8.59. The van der Waals surface area contributed by atoms with Crippen molar-refractivity contribution in [1.29, 1.82) is 0 Å². The molecule has 1 amide bonds. The summed E-state index contributed by atoms with van der Waals surface area (Å²) < 4.78 is 6.52. The predicted octanol–water partition coefficient (Wildman–Crippen LogP) is 3.18. The van der Waals surface area contributed by atoms with E-state index in [-0.39, 0.29) is 18.0 Å². The molecule has 0 saturated carbocycles. The minimum Gasteiger partial charge on any atom is -0.483 e. The van der Waals surface area contributed by atoms with E-state index in [1.54, 1.807) is 6.08 Å². The molecule has 30 heavy (non-hydrogen) atoms. The van der Waals surface area contributed by atoms with Gasteiger partial charge in [0.05, 0.1) is 11.7 Å². The van der Waals surface area contributed by atoms with Gasteiger partial charge in [-0.25, -0.2) is 0 Å². The summed E-state index contributed by atoms with van der Waals surface area (Å²) in [7, 11) is 0. The zero-order valence-electron chi connectivity index (χ0n) is 18.0. The number of nitrogens with zero attached hydrogens (tertiary/aromatic N) is 1. The number of carbonyl (C=O) groups excluding carboxylic acids is 1. The molecule has 0 aromatic heterocycles. The molecule has 4 rings (SSSR count). The third-order valence-electron chi connectivity index (χ3n) is 7.01. The summed E-state index contributed by atoms with van der Waals surface area (Å²) in [6, 6.07) is 10.6. The van der Waals surface area contributed by atoms with Crippen molar-refractivity contribution in [2.75, 3.05) is 19.6 Å². The van der Waals surface area contributed by atoms with Crippen molar-refractivity contribution in [3.63, 3.8) is 0 Å². The minimum absolute atomic E-state index is 0.00878. The van der Waals surface area contributed by atoms with Crippen molar-refractivity contribution in [3.05, 3.63) is 42.0 Å². The number of ether oxygens (including phenoxy) is 1. The zero-order chi connectivity index (χ0) is 21.6. The van der Waals surface area contributed by atoms with Gasteiger partial charge in [0.15, 0.2) is 0 Å². The number of rotatable bonds is 7. The fourth-order valence-electron chi connectivity index (χ4n) is 5.60. The van der Waals surface area contributed by atoms with Gasteiger partial charge in [0.1, 0.15) is 0 Å². The van der Waals surface area contributed by atoms with Crippen LogP contribution < -0.4 is 5.32 Å². The van der Waals surface area contributed by atoms with Crippen molar-refractivity contribution >= 4 is 18.5 Å². The molecule has 6 heteroatoms. The van der Waals surface area contributed by atoms with Crippen LogP contribution >= 0.6 is 0 Å². The monoisotopic (exact) mass is 414 g/mol. The van der Waals surface area contributed by atoms with Crippen LogP contribution in [0.1, 0.15) is 45.1 Å². The first-order valence-corrected chi connectivity index (χ1v) is 11.1. The lowest BCUT2D eigenvalue weighted by atomic mass is 9.73. The lowest BCUT2D eigenvalue weighted by Crippen LogP contribution is -2.41. The van der Waals surface area contributed by atoms with Crippen LogP contribution in [0.15, 0.2) is 36.4 Å². The third kappa shape index (κ3) is 4.76. The van der Waals surface area contributed by atoms with Gasteiger partial charge in [0.25, 0.3) is 6.47 Å². The quantitative estimate of drug-likeness (QED) is 0.529. The number of fused-ring (bicyclic) bond motifs is 1. The van der Waals surface area contributed by atoms with Gasteiger partial charge in [-0.05, 0) is 37.3 Å². The number of likely N-dealkylation sites (tertiary alicyclic amines) is 1. The van der Waals surface area contributed by atoms with Gasteiger partial charge in [-0.1, -0.05) is 44.2 Å². The Labute approximate surface area is 179 Å². The second-order valence-corrected chi connectivity index (χ2v) is 8.52. The first-order chi connectivity index (χ1) is 14.6. The third-order valence-corrected chi connectivity index (χ3v) is 7.01. The number of amides is 1. The van der Waals surface area contributed by atoms with Crippen molar-refractivity contribution in [1.82, 2.24) is 10.2 Å². The molecule has 0 aliphatic carbocycles. The Morgan fingerprint density at radius 3 is 2.70 bits per heavy atom. The van der Waals surface area contributed by atoms with Gasteiger partial charge in [-0.3, -0.25) is 14.5 Å². The summed E-state index contributed by atoms with van der Waals surface area (Å²) in [4.78, 5) is 23.3. The van der Waals surface area contributed by atoms with E-state index in [4.69, 9.17) is 14.6 Å². The van der Waals surface area contributed by atoms with E-state index in [9.17, 15) is 4.79 Å². The highest BCUT2D eigenvalue weighted by molar-refractivity contribution is 5.91. The lowest BCUT2D eigenvalue weighted by molar-refractivity contribution is -0.123. The molecule has 1 aromatic carbocycles. The lowest BCUT2D eigenvalue weighted by Gasteiger charge is -2.29. The van der Waals surface area contributed by atoms with Gasteiger partial charge in [-0.15, -0.1) is 0 Å². The van der Waals surface area contributed by atoms with Crippen LogP contribution in [0.3, 0.4) is 0 Å². The van der Waals surface area contributed by atoms with E-state index in [2.05, 4.69) is 24.1 Å². The second-order valence-electron chi connectivity index (χ2n) is 8.52. The highest BCUT2D eigenvalue weighted by Gasteiger charge is 2.63. The molecule has 1 aromatic rings. The van der Waals surface area contributed by atoms with Crippen molar-refractivity contribution in [3.8, 4) is 0 Å². The fourth-order valence-corrected chi connectivity index (χ4v) is 5.60. The molecule has 1 spiro atoms. The SMILES string of the molecule is CCC(CC)N1C[C@@H]2[C@H](CNC(=O)/C=C/c3ccccc3)[C@H]3CC[C@]2(C1)O3.O=CO. The van der Waals surface area contributed by atoms with E-state index in [1.807, 2.05) is 36.4 Å². The number of carboxylic acid groups (broad SMARTS) is 1. The molecular formula is C24H34N2O4. The van der Waals surface area contributed by atoms with Crippen LogP contribution in [0.4, 0.5) is 0 Å². The fraction of sp³-hybridized carbons (Fsp3) is 0.583. The summed E-state index contributed by atoms with van der Waals surface area (Å²) >= 11 is 0. The van der Waals surface area contributed by atoms with E-state index in [0.29, 0.717) is 24.0 Å². The first-order valence-electron chi connectivity index (χ1n) is 11.1. The van der Waals surface area contributed by atoms with Crippen molar-refractivity contribution in [2.24, 2.45) is 11.8 Å². The summed E-state index contributed by atoms with van der Waals surface area (Å²) in [5, 5.41) is 10.0. The average Bonchev–Trinajstić information content (AvgIpc) is 3.42.